The normalized spacial score (nSPS) is 16.0. The van der Waals surface area contributed by atoms with Crippen LogP contribution in [0.5, 0.6) is 11.5 Å². The summed E-state index contributed by atoms with van der Waals surface area (Å²) in [5.74, 6) is 2.16. The van der Waals surface area contributed by atoms with E-state index in [1.807, 2.05) is 12.1 Å². The highest BCUT2D eigenvalue weighted by Crippen LogP contribution is 2.43. The molecule has 1 saturated carbocycles. The second-order valence-corrected chi connectivity index (χ2v) is 4.90. The Hall–Kier alpha value is -0.450. The largest absolute Gasteiger partial charge is 0.495 e. The molecule has 5 heteroatoms. The van der Waals surface area contributed by atoms with Crippen LogP contribution in [0.25, 0.3) is 0 Å². The van der Waals surface area contributed by atoms with Crippen molar-refractivity contribution in [2.75, 3.05) is 14.2 Å². The third kappa shape index (κ3) is 3.06. The summed E-state index contributed by atoms with van der Waals surface area (Å²) in [6.07, 6.45) is 2.45. The molecule has 0 bridgehead atoms. The lowest BCUT2D eigenvalue weighted by molar-refractivity contribution is 0.387. The van der Waals surface area contributed by atoms with Crippen molar-refractivity contribution < 1.29 is 9.47 Å². The zero-order valence-electron chi connectivity index (χ0n) is 9.90. The molecule has 2 rings (SSSR count). The molecule has 0 unspecified atom stereocenters. The number of ether oxygens (including phenoxy) is 2. The van der Waals surface area contributed by atoms with E-state index in [1.54, 1.807) is 14.2 Å². The minimum atomic E-state index is 0. The van der Waals surface area contributed by atoms with Crippen molar-refractivity contribution in [2.24, 2.45) is 11.7 Å². The van der Waals surface area contributed by atoms with Crippen LogP contribution >= 0.6 is 28.3 Å². The van der Waals surface area contributed by atoms with Crippen molar-refractivity contribution in [3.8, 4) is 11.5 Å². The van der Waals surface area contributed by atoms with Crippen molar-refractivity contribution in [2.45, 2.75) is 18.9 Å². The molecule has 2 N–H and O–H groups in total. The molecule has 0 saturated heterocycles. The summed E-state index contributed by atoms with van der Waals surface area (Å²) in [5.41, 5.74) is 7.25. The monoisotopic (exact) mass is 321 g/mol. The molecule has 1 fully saturated rings. The number of hydrogen-bond donors (Lipinski definition) is 1. The van der Waals surface area contributed by atoms with Crippen LogP contribution in [0.15, 0.2) is 16.6 Å². The van der Waals surface area contributed by atoms with Gasteiger partial charge in [0.15, 0.2) is 0 Å². The van der Waals surface area contributed by atoms with E-state index >= 15 is 0 Å². The summed E-state index contributed by atoms with van der Waals surface area (Å²) in [6.45, 7) is 0. The van der Waals surface area contributed by atoms with E-state index in [2.05, 4.69) is 15.9 Å². The Balaban J connectivity index is 0.00000144. The first-order valence-electron chi connectivity index (χ1n) is 5.34. The maximum atomic E-state index is 6.17. The highest BCUT2D eigenvalue weighted by Gasteiger charge is 2.30. The zero-order chi connectivity index (χ0) is 11.7. The summed E-state index contributed by atoms with van der Waals surface area (Å²) in [4.78, 5) is 0. The quantitative estimate of drug-likeness (QED) is 0.925. The van der Waals surface area contributed by atoms with Crippen molar-refractivity contribution >= 4 is 28.3 Å². The number of nitrogens with two attached hydrogens (primary N) is 1. The lowest BCUT2D eigenvalue weighted by Gasteiger charge is -2.15. The van der Waals surface area contributed by atoms with Gasteiger partial charge in [0, 0.05) is 6.04 Å². The first-order chi connectivity index (χ1) is 7.67. The zero-order valence-corrected chi connectivity index (χ0v) is 12.3. The number of methoxy groups -OCH3 is 2. The van der Waals surface area contributed by atoms with Crippen molar-refractivity contribution in [1.29, 1.82) is 0 Å². The lowest BCUT2D eigenvalue weighted by atomic mass is 10.0. The van der Waals surface area contributed by atoms with E-state index in [0.717, 1.165) is 21.5 Å². The molecule has 3 nitrogen and oxygen atoms in total. The van der Waals surface area contributed by atoms with Crippen LogP contribution in [0.4, 0.5) is 0 Å². The van der Waals surface area contributed by atoms with E-state index < -0.39 is 0 Å². The molecule has 1 aliphatic carbocycles. The second-order valence-electron chi connectivity index (χ2n) is 4.10. The number of hydrogen-bond acceptors (Lipinski definition) is 3. The van der Waals surface area contributed by atoms with Crippen LogP contribution in [-0.2, 0) is 0 Å². The lowest BCUT2D eigenvalue weighted by Crippen LogP contribution is -2.12. The van der Waals surface area contributed by atoms with Gasteiger partial charge in [-0.05, 0) is 52.4 Å². The van der Waals surface area contributed by atoms with E-state index in [0.29, 0.717) is 5.92 Å². The smallest absolute Gasteiger partial charge is 0.137 e. The summed E-state index contributed by atoms with van der Waals surface area (Å²) in [5, 5.41) is 0. The maximum absolute atomic E-state index is 6.17. The number of benzene rings is 1. The minimum absolute atomic E-state index is 0. The molecule has 0 radical (unpaired) electrons. The Morgan fingerprint density at radius 1 is 1.24 bits per heavy atom. The fraction of sp³-hybridized carbons (Fsp3) is 0.500. The van der Waals surface area contributed by atoms with Crippen LogP contribution in [0, 0.1) is 5.92 Å². The Kier molecular flexibility index (Phi) is 5.10. The average Bonchev–Trinajstić information content (AvgIpc) is 3.12. The molecular weight excluding hydrogens is 305 g/mol. The molecule has 1 aliphatic rings. The Labute approximate surface area is 116 Å². The summed E-state index contributed by atoms with van der Waals surface area (Å²) < 4.78 is 11.4. The molecule has 0 aromatic heterocycles. The first-order valence-corrected chi connectivity index (χ1v) is 6.13. The molecule has 96 valence electrons. The predicted molar refractivity (Wildman–Crippen MR) is 74.1 cm³/mol. The number of halogens is 2. The van der Waals surface area contributed by atoms with Gasteiger partial charge in [-0.1, -0.05) is 0 Å². The first kappa shape index (κ1) is 14.6. The third-order valence-corrected chi connectivity index (χ3v) is 3.76. The van der Waals surface area contributed by atoms with Crippen LogP contribution < -0.4 is 15.2 Å². The molecule has 1 aromatic carbocycles. The van der Waals surface area contributed by atoms with Crippen molar-refractivity contribution in [3.63, 3.8) is 0 Å². The van der Waals surface area contributed by atoms with E-state index in [1.165, 1.54) is 12.8 Å². The maximum Gasteiger partial charge on any atom is 0.137 e. The fourth-order valence-corrected chi connectivity index (χ4v) is 2.36. The van der Waals surface area contributed by atoms with E-state index in [-0.39, 0.29) is 18.4 Å². The van der Waals surface area contributed by atoms with Gasteiger partial charge in [0.25, 0.3) is 0 Å². The van der Waals surface area contributed by atoms with Gasteiger partial charge < -0.3 is 15.2 Å². The topological polar surface area (TPSA) is 44.5 Å². The fourth-order valence-electron chi connectivity index (χ4n) is 1.81. The standard InChI is InChI=1S/C12H16BrNO2.ClH/c1-15-9-5-8(12(14)7-3-4-7)6-10(16-2)11(9)13;/h5-7,12H,3-4,14H2,1-2H3;1H/t12-;/m1./s1. The summed E-state index contributed by atoms with van der Waals surface area (Å²) >= 11 is 3.45. The van der Waals surface area contributed by atoms with E-state index in [4.69, 9.17) is 15.2 Å². The van der Waals surface area contributed by atoms with E-state index in [9.17, 15) is 0 Å². The van der Waals surface area contributed by atoms with Gasteiger partial charge in [-0.3, -0.25) is 0 Å². The molecule has 0 aliphatic heterocycles. The highest BCUT2D eigenvalue weighted by atomic mass is 79.9. The minimum Gasteiger partial charge on any atom is -0.495 e. The number of rotatable bonds is 4. The van der Waals surface area contributed by atoms with Crippen LogP contribution in [0.1, 0.15) is 24.4 Å². The summed E-state index contributed by atoms with van der Waals surface area (Å²) in [7, 11) is 3.29. The van der Waals surface area contributed by atoms with Gasteiger partial charge in [-0.2, -0.15) is 0 Å². The third-order valence-electron chi connectivity index (χ3n) is 2.98. The van der Waals surface area contributed by atoms with Gasteiger partial charge in [0.2, 0.25) is 0 Å². The molecular formula is C12H17BrClNO2. The Morgan fingerprint density at radius 3 is 2.06 bits per heavy atom. The van der Waals surface area contributed by atoms with Gasteiger partial charge in [0.05, 0.1) is 14.2 Å². The van der Waals surface area contributed by atoms with Gasteiger partial charge >= 0.3 is 0 Å². The summed E-state index contributed by atoms with van der Waals surface area (Å²) in [6, 6.07) is 4.06. The Morgan fingerprint density at radius 2 is 1.71 bits per heavy atom. The van der Waals surface area contributed by atoms with Crippen LogP contribution in [-0.4, -0.2) is 14.2 Å². The van der Waals surface area contributed by atoms with Gasteiger partial charge in [-0.15, -0.1) is 12.4 Å². The average molecular weight is 323 g/mol. The molecule has 0 spiro atoms. The second kappa shape index (κ2) is 5.94. The predicted octanol–water partition coefficient (Wildman–Crippen LogP) is 3.30. The van der Waals surface area contributed by atoms with Crippen LogP contribution in [0.3, 0.4) is 0 Å². The Bertz CT molecular complexity index is 371. The van der Waals surface area contributed by atoms with Gasteiger partial charge in [0.1, 0.15) is 16.0 Å². The van der Waals surface area contributed by atoms with Crippen molar-refractivity contribution in [1.82, 2.24) is 0 Å². The molecule has 0 amide bonds. The molecule has 1 atom stereocenters. The van der Waals surface area contributed by atoms with Gasteiger partial charge in [-0.25, -0.2) is 0 Å². The highest BCUT2D eigenvalue weighted by molar-refractivity contribution is 9.10. The molecule has 0 heterocycles. The van der Waals surface area contributed by atoms with Crippen molar-refractivity contribution in [3.05, 3.63) is 22.2 Å². The molecule has 17 heavy (non-hydrogen) atoms. The SMILES string of the molecule is COc1cc([C@H](N)C2CC2)cc(OC)c1Br.Cl. The van der Waals surface area contributed by atoms with Crippen LogP contribution in [0.2, 0.25) is 0 Å². The molecule has 1 aromatic rings.